The van der Waals surface area contributed by atoms with Gasteiger partial charge in [-0.1, -0.05) is 68.8 Å². The third-order valence-corrected chi connectivity index (χ3v) is 5.09. The number of carbonyl (C=O) groups is 2. The number of nitrogens with zero attached hydrogens (tertiary/aromatic N) is 1. The Balaban J connectivity index is 2.00. The fraction of sp³-hybridized carbons (Fsp3) is 0.462. The largest absolute Gasteiger partial charge is 0.494 e. The lowest BCUT2D eigenvalue weighted by Crippen LogP contribution is -2.49. The molecular formula is C26H36N2O3. The molecule has 2 aromatic carbocycles. The van der Waals surface area contributed by atoms with Gasteiger partial charge in [0.05, 0.1) is 6.61 Å². The van der Waals surface area contributed by atoms with Crippen LogP contribution in [0.4, 0.5) is 0 Å². The van der Waals surface area contributed by atoms with Crippen molar-refractivity contribution in [1.82, 2.24) is 10.2 Å². The van der Waals surface area contributed by atoms with E-state index in [1.807, 2.05) is 68.4 Å². The van der Waals surface area contributed by atoms with Gasteiger partial charge in [-0.05, 0) is 43.4 Å². The molecular weight excluding hydrogens is 388 g/mol. The van der Waals surface area contributed by atoms with E-state index in [1.54, 1.807) is 4.90 Å². The van der Waals surface area contributed by atoms with E-state index >= 15 is 0 Å². The molecule has 1 atom stereocenters. The lowest BCUT2D eigenvalue weighted by molar-refractivity contribution is -0.141. The molecule has 0 aromatic heterocycles. The molecule has 0 saturated heterocycles. The minimum atomic E-state index is -0.482. The van der Waals surface area contributed by atoms with Crippen LogP contribution >= 0.6 is 0 Å². The second kappa shape index (κ2) is 12.8. The first kappa shape index (κ1) is 24.4. The van der Waals surface area contributed by atoms with Gasteiger partial charge in [0.15, 0.2) is 0 Å². The molecule has 1 unspecified atom stereocenters. The zero-order chi connectivity index (χ0) is 22.6. The summed E-state index contributed by atoms with van der Waals surface area (Å²) in [5.41, 5.74) is 2.20. The number of rotatable bonds is 12. The van der Waals surface area contributed by atoms with E-state index in [-0.39, 0.29) is 11.8 Å². The molecule has 5 nitrogen and oxygen atoms in total. The van der Waals surface area contributed by atoms with Crippen LogP contribution in [0.15, 0.2) is 54.6 Å². The normalized spacial score (nSPS) is 11.8. The van der Waals surface area contributed by atoms with Crippen LogP contribution in [0, 0.1) is 12.8 Å². The van der Waals surface area contributed by atoms with E-state index in [9.17, 15) is 9.59 Å². The highest BCUT2D eigenvalue weighted by atomic mass is 16.5. The summed E-state index contributed by atoms with van der Waals surface area (Å²) in [7, 11) is 0. The van der Waals surface area contributed by atoms with Gasteiger partial charge in [0.1, 0.15) is 11.8 Å². The molecule has 0 fully saturated rings. The summed E-state index contributed by atoms with van der Waals surface area (Å²) in [6.45, 7) is 9.59. The van der Waals surface area contributed by atoms with Gasteiger partial charge < -0.3 is 15.0 Å². The molecule has 0 aliphatic carbocycles. The highest BCUT2D eigenvalue weighted by Crippen LogP contribution is 2.16. The topological polar surface area (TPSA) is 58.6 Å². The monoisotopic (exact) mass is 424 g/mol. The van der Waals surface area contributed by atoms with Crippen LogP contribution in [0.25, 0.3) is 0 Å². The predicted octanol–water partition coefficient (Wildman–Crippen LogP) is 4.73. The molecule has 0 aliphatic rings. The quantitative estimate of drug-likeness (QED) is 0.501. The summed E-state index contributed by atoms with van der Waals surface area (Å²) in [6.07, 6.45) is 1.51. The van der Waals surface area contributed by atoms with E-state index in [0.717, 1.165) is 11.3 Å². The Bertz CT molecular complexity index is 803. The number of hydrogen-bond acceptors (Lipinski definition) is 3. The number of amides is 2. The molecule has 0 radical (unpaired) electrons. The maximum Gasteiger partial charge on any atom is 0.242 e. The molecule has 0 spiro atoms. The van der Waals surface area contributed by atoms with Crippen LogP contribution in [0.1, 0.15) is 51.2 Å². The summed E-state index contributed by atoms with van der Waals surface area (Å²) < 4.78 is 5.76. The lowest BCUT2D eigenvalue weighted by Gasteiger charge is -2.31. The number of carbonyl (C=O) groups excluding carboxylic acids is 2. The summed E-state index contributed by atoms with van der Waals surface area (Å²) in [5.74, 6) is 1.05. The first-order chi connectivity index (χ1) is 14.9. The van der Waals surface area contributed by atoms with Crippen LogP contribution in [-0.2, 0) is 16.1 Å². The van der Waals surface area contributed by atoms with Crippen LogP contribution in [-0.4, -0.2) is 35.9 Å². The smallest absolute Gasteiger partial charge is 0.242 e. The third-order valence-electron chi connectivity index (χ3n) is 5.09. The molecule has 168 valence electrons. The highest BCUT2D eigenvalue weighted by molar-refractivity contribution is 5.87. The Labute approximate surface area is 186 Å². The fourth-order valence-electron chi connectivity index (χ4n) is 3.31. The summed E-state index contributed by atoms with van der Waals surface area (Å²) in [6, 6.07) is 17.2. The van der Waals surface area contributed by atoms with Crippen molar-refractivity contribution < 1.29 is 14.3 Å². The first-order valence-electron chi connectivity index (χ1n) is 11.2. The van der Waals surface area contributed by atoms with Gasteiger partial charge in [-0.25, -0.2) is 0 Å². The number of benzene rings is 2. The Morgan fingerprint density at radius 3 is 2.32 bits per heavy atom. The van der Waals surface area contributed by atoms with Crippen molar-refractivity contribution >= 4 is 11.8 Å². The van der Waals surface area contributed by atoms with Crippen molar-refractivity contribution in [1.29, 1.82) is 0 Å². The average Bonchev–Trinajstić information content (AvgIpc) is 2.77. The van der Waals surface area contributed by atoms with Crippen molar-refractivity contribution in [2.75, 3.05) is 13.2 Å². The van der Waals surface area contributed by atoms with Crippen LogP contribution < -0.4 is 10.1 Å². The number of ether oxygens (including phenoxy) is 1. The summed E-state index contributed by atoms with van der Waals surface area (Å²) in [4.78, 5) is 27.7. The Kier molecular flexibility index (Phi) is 10.1. The molecule has 5 heteroatoms. The fourth-order valence-corrected chi connectivity index (χ4v) is 3.31. The number of hydrogen-bond donors (Lipinski definition) is 1. The molecule has 1 N–H and O–H groups in total. The minimum Gasteiger partial charge on any atom is -0.494 e. The Morgan fingerprint density at radius 1 is 1.03 bits per heavy atom. The molecule has 2 aromatic rings. The third kappa shape index (κ3) is 8.44. The number of aryl methyl sites for hydroxylation is 1. The minimum absolute atomic E-state index is 0.0251. The second-order valence-electron chi connectivity index (χ2n) is 8.34. The maximum absolute atomic E-state index is 13.1. The molecule has 0 aliphatic heterocycles. The van der Waals surface area contributed by atoms with Gasteiger partial charge in [0.2, 0.25) is 11.8 Å². The molecule has 0 saturated carbocycles. The molecule has 0 bridgehead atoms. The van der Waals surface area contributed by atoms with E-state index in [4.69, 9.17) is 4.74 Å². The van der Waals surface area contributed by atoms with E-state index < -0.39 is 6.04 Å². The second-order valence-corrected chi connectivity index (χ2v) is 8.34. The van der Waals surface area contributed by atoms with E-state index in [0.29, 0.717) is 44.9 Å². The van der Waals surface area contributed by atoms with Gasteiger partial charge >= 0.3 is 0 Å². The van der Waals surface area contributed by atoms with Gasteiger partial charge in [-0.3, -0.25) is 9.59 Å². The lowest BCUT2D eigenvalue weighted by atomic mass is 10.1. The molecule has 2 rings (SSSR count). The molecule has 31 heavy (non-hydrogen) atoms. The van der Waals surface area contributed by atoms with E-state index in [2.05, 4.69) is 19.2 Å². The van der Waals surface area contributed by atoms with Crippen LogP contribution in [0.3, 0.4) is 0 Å². The van der Waals surface area contributed by atoms with Crippen molar-refractivity contribution in [3.63, 3.8) is 0 Å². The number of nitrogens with one attached hydrogen (secondary N) is 1. The van der Waals surface area contributed by atoms with Crippen molar-refractivity contribution in [3.05, 3.63) is 65.7 Å². The maximum atomic E-state index is 13.1. The van der Waals surface area contributed by atoms with Gasteiger partial charge in [-0.15, -0.1) is 0 Å². The summed E-state index contributed by atoms with van der Waals surface area (Å²) >= 11 is 0. The Hall–Kier alpha value is -2.82. The first-order valence-corrected chi connectivity index (χ1v) is 11.2. The van der Waals surface area contributed by atoms with Crippen molar-refractivity contribution in [3.8, 4) is 5.75 Å². The average molecular weight is 425 g/mol. The van der Waals surface area contributed by atoms with Crippen molar-refractivity contribution in [2.24, 2.45) is 5.92 Å². The summed E-state index contributed by atoms with van der Waals surface area (Å²) in [5, 5.41) is 2.99. The van der Waals surface area contributed by atoms with Gasteiger partial charge in [-0.2, -0.15) is 0 Å². The predicted molar refractivity (Wildman–Crippen MR) is 125 cm³/mol. The Morgan fingerprint density at radius 2 is 1.71 bits per heavy atom. The van der Waals surface area contributed by atoms with Crippen LogP contribution in [0.5, 0.6) is 5.75 Å². The van der Waals surface area contributed by atoms with Gasteiger partial charge in [0.25, 0.3) is 0 Å². The SMILES string of the molecule is CCC(C(=O)NCC(C)C)N(Cc1ccccc1)C(=O)CCCOc1ccc(C)cc1. The zero-order valence-corrected chi connectivity index (χ0v) is 19.3. The highest BCUT2D eigenvalue weighted by Gasteiger charge is 2.28. The van der Waals surface area contributed by atoms with Crippen molar-refractivity contribution in [2.45, 2.75) is 59.5 Å². The molecule has 0 heterocycles. The molecule has 2 amide bonds. The van der Waals surface area contributed by atoms with E-state index in [1.165, 1.54) is 5.56 Å². The zero-order valence-electron chi connectivity index (χ0n) is 19.3. The van der Waals surface area contributed by atoms with Gasteiger partial charge in [0, 0.05) is 19.5 Å². The standard InChI is InChI=1S/C26H36N2O3/c1-5-24(26(30)27-18-20(2)3)28(19-22-10-7-6-8-11-22)25(29)12-9-17-31-23-15-13-21(4)14-16-23/h6-8,10-11,13-16,20,24H,5,9,12,17-19H2,1-4H3,(H,27,30). The van der Waals surface area contributed by atoms with Crippen LogP contribution in [0.2, 0.25) is 0 Å².